The third kappa shape index (κ3) is 3.63. The van der Waals surface area contributed by atoms with Crippen molar-refractivity contribution in [2.45, 2.75) is 38.2 Å². The lowest BCUT2D eigenvalue weighted by atomic mass is 9.70. The highest BCUT2D eigenvalue weighted by Crippen LogP contribution is 2.46. The first-order valence-electron chi connectivity index (χ1n) is 10.3. The van der Waals surface area contributed by atoms with Gasteiger partial charge in [0, 0.05) is 37.2 Å². The predicted molar refractivity (Wildman–Crippen MR) is 107 cm³/mol. The number of halogens is 1. The number of nitrogens with zero attached hydrogens (tertiary/aromatic N) is 1. The number of fused-ring (bicyclic) bond motifs is 3. The molecule has 1 N–H and O–H groups in total. The molecule has 28 heavy (non-hydrogen) atoms. The summed E-state index contributed by atoms with van der Waals surface area (Å²) in [7, 11) is 0. The molecular formula is C24H29FNO2+. The molecular weight excluding hydrogens is 353 g/mol. The standard InChI is InChI=1S/C24H29FNO2/c1-18-4-8-20(9-5-18)24(28)17-26(15-12-21(24)13-16-26)14-2-3-23(27)19-6-10-22(25)11-7-19/h4-11,21,28H,2-3,12-17H2,1H3/q+1/t21?,24-,26?/m0/s1. The van der Waals surface area contributed by atoms with Gasteiger partial charge in [-0.2, -0.15) is 0 Å². The van der Waals surface area contributed by atoms with Gasteiger partial charge in [-0.3, -0.25) is 4.79 Å². The Kier molecular flexibility index (Phi) is 5.11. The highest BCUT2D eigenvalue weighted by molar-refractivity contribution is 5.95. The zero-order valence-corrected chi connectivity index (χ0v) is 16.5. The largest absolute Gasteiger partial charge is 0.379 e. The van der Waals surface area contributed by atoms with Crippen molar-refractivity contribution in [2.24, 2.45) is 5.92 Å². The predicted octanol–water partition coefficient (Wildman–Crippen LogP) is 4.23. The lowest BCUT2D eigenvalue weighted by molar-refractivity contribution is -0.952. The van der Waals surface area contributed by atoms with Gasteiger partial charge >= 0.3 is 0 Å². The molecule has 0 amide bonds. The van der Waals surface area contributed by atoms with Gasteiger partial charge in [0.05, 0.1) is 19.6 Å². The molecule has 3 aliphatic rings. The summed E-state index contributed by atoms with van der Waals surface area (Å²) in [5, 5.41) is 11.6. The van der Waals surface area contributed by atoms with E-state index >= 15 is 0 Å². The van der Waals surface area contributed by atoms with E-state index in [0.717, 1.165) is 55.5 Å². The number of hydrogen-bond acceptors (Lipinski definition) is 2. The summed E-state index contributed by atoms with van der Waals surface area (Å²) in [5.74, 6) is 0.0800. The van der Waals surface area contributed by atoms with Crippen LogP contribution in [-0.4, -0.2) is 41.6 Å². The van der Waals surface area contributed by atoms with E-state index in [9.17, 15) is 14.3 Å². The molecule has 0 aliphatic carbocycles. The average Bonchev–Trinajstić information content (AvgIpc) is 2.69. The number of rotatable bonds is 6. The summed E-state index contributed by atoms with van der Waals surface area (Å²) in [6.45, 7) is 5.89. The Balaban J connectivity index is 1.42. The van der Waals surface area contributed by atoms with Crippen molar-refractivity contribution in [2.75, 3.05) is 26.2 Å². The van der Waals surface area contributed by atoms with E-state index in [0.29, 0.717) is 17.9 Å². The van der Waals surface area contributed by atoms with Crippen molar-refractivity contribution in [1.82, 2.24) is 0 Å². The van der Waals surface area contributed by atoms with Crippen LogP contribution in [0.5, 0.6) is 0 Å². The molecule has 0 radical (unpaired) electrons. The van der Waals surface area contributed by atoms with Crippen molar-refractivity contribution in [3.05, 3.63) is 71.0 Å². The van der Waals surface area contributed by atoms with Crippen LogP contribution in [0.1, 0.15) is 47.2 Å². The number of carbonyl (C=O) groups is 1. The Bertz CT molecular complexity index is 838. The van der Waals surface area contributed by atoms with Crippen LogP contribution < -0.4 is 0 Å². The van der Waals surface area contributed by atoms with Gasteiger partial charge in [0.25, 0.3) is 0 Å². The van der Waals surface area contributed by atoms with E-state index in [1.165, 1.54) is 17.7 Å². The molecule has 5 rings (SSSR count). The Labute approximate surface area is 166 Å². The highest BCUT2D eigenvalue weighted by Gasteiger charge is 2.54. The SMILES string of the molecule is Cc1ccc([C@@]2(O)C[N+]3(CCCC(=O)c4ccc(F)cc4)CCC2CC3)cc1. The van der Waals surface area contributed by atoms with Crippen molar-refractivity contribution < 1.29 is 18.8 Å². The van der Waals surface area contributed by atoms with E-state index in [1.807, 2.05) is 0 Å². The zero-order chi connectivity index (χ0) is 19.8. The number of aryl methyl sites for hydroxylation is 1. The maximum absolute atomic E-state index is 13.0. The maximum Gasteiger partial charge on any atom is 0.163 e. The maximum atomic E-state index is 13.0. The number of quaternary nitrogens is 1. The van der Waals surface area contributed by atoms with Gasteiger partial charge in [-0.25, -0.2) is 4.39 Å². The number of Topliss-reactive ketones (excluding diaryl/α,β-unsaturated/α-hetero) is 1. The fourth-order valence-corrected chi connectivity index (χ4v) is 5.22. The summed E-state index contributed by atoms with van der Waals surface area (Å²) >= 11 is 0. The number of aliphatic hydroxyl groups is 1. The van der Waals surface area contributed by atoms with E-state index in [-0.39, 0.29) is 11.6 Å². The quantitative estimate of drug-likeness (QED) is 0.600. The Morgan fingerprint density at radius 1 is 1.11 bits per heavy atom. The van der Waals surface area contributed by atoms with Gasteiger partial charge in [-0.15, -0.1) is 0 Å². The van der Waals surface area contributed by atoms with Crippen molar-refractivity contribution in [3.63, 3.8) is 0 Å². The molecule has 1 atom stereocenters. The minimum atomic E-state index is -0.759. The van der Waals surface area contributed by atoms with Crippen LogP contribution in [0.4, 0.5) is 4.39 Å². The molecule has 3 saturated heterocycles. The first-order valence-corrected chi connectivity index (χ1v) is 10.3. The van der Waals surface area contributed by atoms with Crippen molar-refractivity contribution in [1.29, 1.82) is 0 Å². The molecule has 2 aromatic rings. The van der Waals surface area contributed by atoms with Crippen LogP contribution >= 0.6 is 0 Å². The molecule has 2 aromatic carbocycles. The lowest BCUT2D eigenvalue weighted by Gasteiger charge is -2.56. The second-order valence-electron chi connectivity index (χ2n) is 8.77. The van der Waals surface area contributed by atoms with Gasteiger partial charge in [0.1, 0.15) is 18.0 Å². The number of carbonyl (C=O) groups excluding carboxylic acids is 1. The van der Waals surface area contributed by atoms with Gasteiger partial charge in [-0.1, -0.05) is 29.8 Å². The molecule has 3 heterocycles. The highest BCUT2D eigenvalue weighted by atomic mass is 19.1. The Morgan fingerprint density at radius 3 is 2.39 bits per heavy atom. The first kappa shape index (κ1) is 19.3. The Hall–Kier alpha value is -2.04. The lowest BCUT2D eigenvalue weighted by Crippen LogP contribution is -2.67. The summed E-state index contributed by atoms with van der Waals surface area (Å²) in [6.07, 6.45) is 3.34. The second-order valence-corrected chi connectivity index (χ2v) is 8.77. The normalized spacial score (nSPS) is 29.0. The number of ketones is 1. The number of benzene rings is 2. The van der Waals surface area contributed by atoms with Gasteiger partial charge in [-0.05, 0) is 36.8 Å². The Morgan fingerprint density at radius 2 is 1.75 bits per heavy atom. The molecule has 4 heteroatoms. The molecule has 3 nitrogen and oxygen atoms in total. The number of hydrogen-bond donors (Lipinski definition) is 1. The van der Waals surface area contributed by atoms with E-state index in [4.69, 9.17) is 0 Å². The summed E-state index contributed by atoms with van der Waals surface area (Å²) in [4.78, 5) is 12.4. The van der Waals surface area contributed by atoms with Crippen LogP contribution in [0, 0.1) is 18.7 Å². The van der Waals surface area contributed by atoms with E-state index in [2.05, 4.69) is 31.2 Å². The summed E-state index contributed by atoms with van der Waals surface area (Å²) in [6, 6.07) is 14.1. The molecule has 0 spiro atoms. The second kappa shape index (κ2) is 7.41. The van der Waals surface area contributed by atoms with E-state index < -0.39 is 5.60 Å². The number of piperidine rings is 3. The van der Waals surface area contributed by atoms with Crippen molar-refractivity contribution in [3.8, 4) is 0 Å². The fourth-order valence-electron chi connectivity index (χ4n) is 5.22. The molecule has 2 bridgehead atoms. The smallest absolute Gasteiger partial charge is 0.163 e. The molecule has 0 unspecified atom stereocenters. The zero-order valence-electron chi connectivity index (χ0n) is 16.5. The molecule has 0 aromatic heterocycles. The minimum absolute atomic E-state index is 0.0684. The first-order chi connectivity index (χ1) is 13.4. The molecule has 3 aliphatic heterocycles. The van der Waals surface area contributed by atoms with Crippen molar-refractivity contribution >= 4 is 5.78 Å². The van der Waals surface area contributed by atoms with Crippen LogP contribution in [-0.2, 0) is 5.60 Å². The van der Waals surface area contributed by atoms with Crippen LogP contribution in [0.3, 0.4) is 0 Å². The fraction of sp³-hybridized carbons (Fsp3) is 0.458. The van der Waals surface area contributed by atoms with Gasteiger partial charge in [0.15, 0.2) is 5.78 Å². The molecule has 3 fully saturated rings. The third-order valence-corrected chi connectivity index (χ3v) is 6.91. The third-order valence-electron chi connectivity index (χ3n) is 6.91. The summed E-state index contributed by atoms with van der Waals surface area (Å²) < 4.78 is 13.9. The van der Waals surface area contributed by atoms with Crippen LogP contribution in [0.15, 0.2) is 48.5 Å². The minimum Gasteiger partial charge on any atom is -0.379 e. The van der Waals surface area contributed by atoms with Crippen LogP contribution in [0.25, 0.3) is 0 Å². The van der Waals surface area contributed by atoms with Gasteiger partial charge < -0.3 is 9.59 Å². The monoisotopic (exact) mass is 382 g/mol. The van der Waals surface area contributed by atoms with E-state index in [1.54, 1.807) is 12.1 Å². The van der Waals surface area contributed by atoms with Gasteiger partial charge in [0.2, 0.25) is 0 Å². The summed E-state index contributed by atoms with van der Waals surface area (Å²) in [5.41, 5.74) is 2.06. The molecule has 0 saturated carbocycles. The topological polar surface area (TPSA) is 37.3 Å². The van der Waals surface area contributed by atoms with Crippen LogP contribution in [0.2, 0.25) is 0 Å². The molecule has 148 valence electrons. The average molecular weight is 382 g/mol.